The Morgan fingerprint density at radius 1 is 0.479 bits per heavy atom. The van der Waals surface area contributed by atoms with Crippen LogP contribution < -0.4 is 5.32 Å². The van der Waals surface area contributed by atoms with Crippen LogP contribution in [-0.2, 0) is 33.2 Å². The molecule has 0 saturated carbocycles. The van der Waals surface area contributed by atoms with Gasteiger partial charge in [0.25, 0.3) is 0 Å². The molecule has 12 N–H and O–H groups in total. The number of hydrogen-bond donors (Lipinski definition) is 12. The molecule has 3 saturated heterocycles. The molecule has 3 fully saturated rings. The third-order valence-corrected chi connectivity index (χ3v) is 14.2. The Hall–Kier alpha value is -1.73. The maximum Gasteiger partial charge on any atom is 0.220 e. The zero-order valence-corrected chi connectivity index (χ0v) is 44.1. The van der Waals surface area contributed by atoms with Gasteiger partial charge in [0.2, 0.25) is 5.91 Å². The number of hydrogen-bond acceptors (Lipinski definition) is 18. The molecule has 0 bridgehead atoms. The van der Waals surface area contributed by atoms with Gasteiger partial charge in [-0.05, 0) is 44.9 Å². The third-order valence-electron chi connectivity index (χ3n) is 14.2. The molecule has 19 nitrogen and oxygen atoms in total. The van der Waals surface area contributed by atoms with Crippen molar-refractivity contribution >= 4 is 5.91 Å². The molecule has 0 aromatic rings. The van der Waals surface area contributed by atoms with E-state index >= 15 is 0 Å². The lowest BCUT2D eigenvalue weighted by Crippen LogP contribution is -2.66. The van der Waals surface area contributed by atoms with Crippen molar-refractivity contribution in [2.45, 2.75) is 285 Å². The molecule has 0 aromatic heterocycles. The van der Waals surface area contributed by atoms with Gasteiger partial charge in [-0.1, -0.05) is 154 Å². The predicted molar refractivity (Wildman–Crippen MR) is 273 cm³/mol. The number of nitrogens with one attached hydrogen (secondary N) is 1. The molecule has 0 radical (unpaired) electrons. The summed E-state index contributed by atoms with van der Waals surface area (Å²) in [6, 6.07) is -0.966. The van der Waals surface area contributed by atoms with E-state index in [1.54, 1.807) is 6.08 Å². The maximum atomic E-state index is 13.2. The van der Waals surface area contributed by atoms with E-state index in [9.17, 15) is 61.0 Å². The zero-order valence-electron chi connectivity index (χ0n) is 44.1. The predicted octanol–water partition coefficient (Wildman–Crippen LogP) is 3.59. The van der Waals surface area contributed by atoms with E-state index in [0.717, 1.165) is 44.9 Å². The number of amides is 1. The van der Waals surface area contributed by atoms with E-state index in [4.69, 9.17) is 28.4 Å². The molecule has 0 aliphatic carbocycles. The Morgan fingerprint density at radius 2 is 0.863 bits per heavy atom. The molecule has 73 heavy (non-hydrogen) atoms. The molecule has 17 atom stereocenters. The smallest absolute Gasteiger partial charge is 0.220 e. The van der Waals surface area contributed by atoms with Crippen LogP contribution in [0.1, 0.15) is 181 Å². The first kappa shape index (κ1) is 65.6. The Bertz CT molecular complexity index is 1440. The first-order valence-corrected chi connectivity index (χ1v) is 28.1. The molecule has 3 heterocycles. The molecule has 0 aromatic carbocycles. The molecular formula is C54H99NO18. The summed E-state index contributed by atoms with van der Waals surface area (Å²) in [6.07, 6.45) is 11.1. The number of unbranched alkanes of at least 4 members (excludes halogenated alkanes) is 22. The van der Waals surface area contributed by atoms with Gasteiger partial charge in [0.05, 0.1) is 38.6 Å². The number of carbonyl (C=O) groups excluding carboxylic acids is 1. The molecule has 3 aliphatic heterocycles. The second-order valence-corrected chi connectivity index (χ2v) is 20.4. The third kappa shape index (κ3) is 23.8. The molecular weight excluding hydrogens is 951 g/mol. The second-order valence-electron chi connectivity index (χ2n) is 20.4. The summed E-state index contributed by atoms with van der Waals surface area (Å²) in [5.74, 6) is -0.284. The average Bonchev–Trinajstić information content (AvgIpc) is 3.38. The molecule has 1 amide bonds. The number of aliphatic hydroxyl groups is 11. The van der Waals surface area contributed by atoms with Crippen molar-refractivity contribution in [2.24, 2.45) is 0 Å². The fraction of sp³-hybridized carbons (Fsp3) is 0.907. The van der Waals surface area contributed by atoms with E-state index in [1.807, 2.05) is 6.08 Å². The van der Waals surface area contributed by atoms with Gasteiger partial charge in [-0.15, -0.1) is 0 Å². The van der Waals surface area contributed by atoms with Crippen LogP contribution in [0.5, 0.6) is 0 Å². The minimum absolute atomic E-state index is 0.242. The summed E-state index contributed by atoms with van der Waals surface area (Å²) in [6.45, 7) is 1.58. The van der Waals surface area contributed by atoms with Crippen molar-refractivity contribution in [1.82, 2.24) is 5.32 Å². The van der Waals surface area contributed by atoms with Crippen molar-refractivity contribution in [3.05, 3.63) is 24.3 Å². The average molecular weight is 1050 g/mol. The zero-order chi connectivity index (χ0) is 53.4. The number of carbonyl (C=O) groups is 1. The van der Waals surface area contributed by atoms with Crippen LogP contribution in [0.15, 0.2) is 24.3 Å². The van der Waals surface area contributed by atoms with E-state index in [2.05, 4.69) is 31.3 Å². The van der Waals surface area contributed by atoms with Gasteiger partial charge < -0.3 is 89.9 Å². The number of allylic oxidation sites excluding steroid dienone is 3. The molecule has 3 aliphatic rings. The maximum absolute atomic E-state index is 13.2. The van der Waals surface area contributed by atoms with Crippen molar-refractivity contribution < 1.29 is 89.4 Å². The summed E-state index contributed by atoms with van der Waals surface area (Å²) in [5.41, 5.74) is 0. The van der Waals surface area contributed by atoms with E-state index in [0.29, 0.717) is 6.42 Å². The van der Waals surface area contributed by atoms with Crippen LogP contribution in [0.25, 0.3) is 0 Å². The van der Waals surface area contributed by atoms with E-state index in [-0.39, 0.29) is 18.9 Å². The first-order valence-electron chi connectivity index (χ1n) is 28.1. The highest BCUT2D eigenvalue weighted by Crippen LogP contribution is 2.33. The van der Waals surface area contributed by atoms with Crippen molar-refractivity contribution in [3.8, 4) is 0 Å². The molecule has 0 spiro atoms. The Kier molecular flexibility index (Phi) is 34.8. The first-order chi connectivity index (χ1) is 35.3. The van der Waals surface area contributed by atoms with E-state index < -0.39 is 124 Å². The van der Waals surface area contributed by atoms with Crippen molar-refractivity contribution in [1.29, 1.82) is 0 Å². The van der Waals surface area contributed by atoms with Crippen LogP contribution in [0.2, 0.25) is 0 Å². The molecule has 17 unspecified atom stereocenters. The van der Waals surface area contributed by atoms with Crippen molar-refractivity contribution in [2.75, 3.05) is 26.4 Å². The van der Waals surface area contributed by atoms with Gasteiger partial charge in [0, 0.05) is 6.42 Å². The van der Waals surface area contributed by atoms with Crippen LogP contribution in [0.3, 0.4) is 0 Å². The normalized spacial score (nSPS) is 31.9. The van der Waals surface area contributed by atoms with Gasteiger partial charge >= 0.3 is 0 Å². The Labute approximate surface area is 435 Å². The largest absolute Gasteiger partial charge is 0.394 e. The summed E-state index contributed by atoms with van der Waals surface area (Å²) in [7, 11) is 0. The fourth-order valence-corrected chi connectivity index (χ4v) is 9.54. The summed E-state index contributed by atoms with van der Waals surface area (Å²) in [4.78, 5) is 13.2. The highest BCUT2D eigenvalue weighted by Gasteiger charge is 2.53. The standard InChI is InChI=1S/C54H99NO18/c1-3-5-7-9-10-11-12-13-14-15-16-17-18-19-20-21-22-23-24-25-26-28-30-32-42(60)55-37(38(59)31-29-27-8-6-4-2)36-68-52-48(66)45(63)50(40(34-57)70-52)73-54-49(67)46(64)51(41(35-58)71-54)72-53-47(65)44(62)43(61)39(33-56)69-53/h15-16,29,31,37-41,43-54,56-59,61-67H,3-14,17-28,30,32-36H2,1-2H3,(H,55,60)/b16-15-,31-29+. The minimum Gasteiger partial charge on any atom is -0.394 e. The van der Waals surface area contributed by atoms with Gasteiger partial charge in [0.15, 0.2) is 18.9 Å². The highest BCUT2D eigenvalue weighted by atomic mass is 16.8. The Balaban J connectivity index is 1.40. The lowest BCUT2D eigenvalue weighted by atomic mass is 9.96. The minimum atomic E-state index is -1.97. The number of rotatable bonds is 40. The van der Waals surface area contributed by atoms with Crippen LogP contribution in [-0.4, -0.2) is 193 Å². The second kappa shape index (κ2) is 38.8. The summed E-state index contributed by atoms with van der Waals surface area (Å²) < 4.78 is 34.0. The summed E-state index contributed by atoms with van der Waals surface area (Å²) >= 11 is 0. The fourth-order valence-electron chi connectivity index (χ4n) is 9.54. The molecule has 428 valence electrons. The van der Waals surface area contributed by atoms with Crippen LogP contribution in [0, 0.1) is 0 Å². The van der Waals surface area contributed by atoms with Gasteiger partial charge in [-0.25, -0.2) is 0 Å². The molecule has 19 heteroatoms. The van der Waals surface area contributed by atoms with E-state index in [1.165, 1.54) is 109 Å². The monoisotopic (exact) mass is 1050 g/mol. The van der Waals surface area contributed by atoms with Gasteiger partial charge in [-0.3, -0.25) is 4.79 Å². The van der Waals surface area contributed by atoms with Gasteiger partial charge in [-0.2, -0.15) is 0 Å². The summed E-state index contributed by atoms with van der Waals surface area (Å²) in [5, 5.41) is 119. The topological polar surface area (TPSA) is 307 Å². The number of ether oxygens (including phenoxy) is 6. The lowest BCUT2D eigenvalue weighted by molar-refractivity contribution is -0.379. The van der Waals surface area contributed by atoms with Crippen LogP contribution in [0.4, 0.5) is 0 Å². The van der Waals surface area contributed by atoms with Crippen LogP contribution >= 0.6 is 0 Å². The lowest BCUT2D eigenvalue weighted by Gasteiger charge is -2.48. The highest BCUT2D eigenvalue weighted by molar-refractivity contribution is 5.76. The molecule has 3 rings (SSSR count). The number of aliphatic hydroxyl groups excluding tert-OH is 11. The Morgan fingerprint density at radius 3 is 1.36 bits per heavy atom. The van der Waals surface area contributed by atoms with Gasteiger partial charge in [0.1, 0.15) is 73.2 Å². The quantitative estimate of drug-likeness (QED) is 0.0308. The van der Waals surface area contributed by atoms with Crippen molar-refractivity contribution in [3.63, 3.8) is 0 Å². The SMILES string of the molecule is CCCCC/C=C/C(O)C(COC1OC(CO)C(OC2OC(CO)C(OC3OC(CO)C(O)C(O)C3O)C(O)C2O)C(O)C1O)NC(=O)CCCCCCCCCCCCC/C=C\CCCCCCCCCC.